The van der Waals surface area contributed by atoms with E-state index >= 15 is 0 Å². The molecule has 1 heterocycles. The Bertz CT molecular complexity index is 723. The molecule has 0 amide bonds. The number of carbonyl (C=O) groups is 1. The summed E-state index contributed by atoms with van der Waals surface area (Å²) in [5, 5.41) is 9.44. The summed E-state index contributed by atoms with van der Waals surface area (Å²) in [7, 11) is 3.55. The summed E-state index contributed by atoms with van der Waals surface area (Å²) in [6.45, 7) is 6.86. The number of hydrogen-bond donors (Lipinski definition) is 0. The molecular formula is C18H25N3O3S. The zero-order valence-electron chi connectivity index (χ0n) is 15.4. The highest BCUT2D eigenvalue weighted by Crippen LogP contribution is 2.30. The van der Waals surface area contributed by atoms with Gasteiger partial charge in [-0.25, -0.2) is 0 Å². The Kier molecular flexibility index (Phi) is 6.47. The van der Waals surface area contributed by atoms with Gasteiger partial charge in [-0.2, -0.15) is 0 Å². The molecule has 0 radical (unpaired) electrons. The molecule has 25 heavy (non-hydrogen) atoms. The van der Waals surface area contributed by atoms with Crippen molar-refractivity contribution in [3.8, 4) is 11.5 Å². The molecular weight excluding hydrogens is 338 g/mol. The first-order chi connectivity index (χ1) is 11.9. The van der Waals surface area contributed by atoms with Gasteiger partial charge in [0.1, 0.15) is 5.82 Å². The highest BCUT2D eigenvalue weighted by atomic mass is 32.2. The van der Waals surface area contributed by atoms with E-state index in [1.54, 1.807) is 37.1 Å². The molecule has 2 aromatic rings. The first-order valence-electron chi connectivity index (χ1n) is 8.16. The van der Waals surface area contributed by atoms with Crippen molar-refractivity contribution in [3.05, 3.63) is 29.6 Å². The second kappa shape index (κ2) is 8.38. The van der Waals surface area contributed by atoms with Crippen LogP contribution in [0.3, 0.4) is 0 Å². The normalized spacial score (nSPS) is 11.4. The first-order valence-corrected chi connectivity index (χ1v) is 9.14. The molecule has 1 aromatic heterocycles. The molecule has 0 saturated carbocycles. The van der Waals surface area contributed by atoms with Gasteiger partial charge in [0.2, 0.25) is 0 Å². The number of ether oxygens (including phenoxy) is 2. The number of benzene rings is 1. The van der Waals surface area contributed by atoms with Crippen molar-refractivity contribution in [3.63, 3.8) is 0 Å². The summed E-state index contributed by atoms with van der Waals surface area (Å²) in [6.07, 6.45) is 1.60. The van der Waals surface area contributed by atoms with E-state index in [9.17, 15) is 4.79 Å². The number of thioether (sulfide) groups is 1. The van der Waals surface area contributed by atoms with Gasteiger partial charge in [-0.05, 0) is 18.6 Å². The molecule has 0 saturated heterocycles. The summed E-state index contributed by atoms with van der Waals surface area (Å²) in [6, 6.07) is 5.27. The smallest absolute Gasteiger partial charge is 0.190 e. The molecule has 0 N–H and O–H groups in total. The number of carbonyl (C=O) groups excluding carboxylic acids is 1. The molecule has 0 bridgehead atoms. The molecule has 2 rings (SSSR count). The van der Waals surface area contributed by atoms with Gasteiger partial charge in [-0.15, -0.1) is 10.2 Å². The van der Waals surface area contributed by atoms with E-state index < -0.39 is 0 Å². The monoisotopic (exact) mass is 363 g/mol. The molecule has 0 aliphatic carbocycles. The van der Waals surface area contributed by atoms with Crippen LogP contribution in [0.4, 0.5) is 0 Å². The number of methoxy groups -OCH3 is 1. The van der Waals surface area contributed by atoms with Crippen LogP contribution < -0.4 is 9.47 Å². The van der Waals surface area contributed by atoms with Crippen molar-refractivity contribution in [1.82, 2.24) is 14.8 Å². The molecule has 136 valence electrons. The lowest BCUT2D eigenvalue weighted by Crippen LogP contribution is -2.17. The van der Waals surface area contributed by atoms with Gasteiger partial charge in [0.05, 0.1) is 19.3 Å². The van der Waals surface area contributed by atoms with Gasteiger partial charge < -0.3 is 14.0 Å². The van der Waals surface area contributed by atoms with Crippen LogP contribution in [0, 0.1) is 0 Å². The number of aromatic nitrogens is 3. The first kappa shape index (κ1) is 19.3. The molecule has 1 aromatic carbocycles. The maximum atomic E-state index is 11.1. The number of hydrogen-bond acceptors (Lipinski definition) is 6. The number of aldehydes is 1. The van der Waals surface area contributed by atoms with Crippen LogP contribution >= 0.6 is 11.8 Å². The van der Waals surface area contributed by atoms with Crippen molar-refractivity contribution in [2.45, 2.75) is 37.8 Å². The fraction of sp³-hybridized carbons (Fsp3) is 0.500. The van der Waals surface area contributed by atoms with Crippen molar-refractivity contribution in [2.75, 3.05) is 19.5 Å². The molecule has 0 fully saturated rings. The Morgan fingerprint density at radius 3 is 2.64 bits per heavy atom. The molecule has 7 heteroatoms. The summed E-state index contributed by atoms with van der Waals surface area (Å²) in [5.41, 5.74) is 0.466. The maximum Gasteiger partial charge on any atom is 0.190 e. The standard InChI is InChI=1S/C18H25N3O3S/c1-18(2,3)16-19-20-17(21(16)4)25-11-7-10-24-15-13(12-22)8-6-9-14(15)23-5/h6,8-9,12H,7,10-11H2,1-5H3. The van der Waals surface area contributed by atoms with Crippen LogP contribution in [0.2, 0.25) is 0 Å². The average molecular weight is 363 g/mol. The van der Waals surface area contributed by atoms with E-state index in [4.69, 9.17) is 9.47 Å². The Balaban J connectivity index is 1.87. The SMILES string of the molecule is COc1cccc(C=O)c1OCCCSc1nnc(C(C)(C)C)n1C. The molecule has 0 aliphatic rings. The Labute approximate surface area is 152 Å². The Morgan fingerprint density at radius 1 is 1.28 bits per heavy atom. The minimum absolute atomic E-state index is 0.0290. The average Bonchev–Trinajstić information content (AvgIpc) is 2.95. The Morgan fingerprint density at radius 2 is 2.04 bits per heavy atom. The highest BCUT2D eigenvalue weighted by molar-refractivity contribution is 7.99. The van der Waals surface area contributed by atoms with Gasteiger partial charge in [-0.3, -0.25) is 4.79 Å². The molecule has 0 atom stereocenters. The van der Waals surface area contributed by atoms with E-state index in [1.807, 2.05) is 11.6 Å². The van der Waals surface area contributed by atoms with Gasteiger partial charge in [-0.1, -0.05) is 38.6 Å². The van der Waals surface area contributed by atoms with Gasteiger partial charge in [0.15, 0.2) is 22.9 Å². The van der Waals surface area contributed by atoms with Crippen molar-refractivity contribution < 1.29 is 14.3 Å². The zero-order valence-corrected chi connectivity index (χ0v) is 16.2. The minimum atomic E-state index is -0.0290. The van der Waals surface area contributed by atoms with Crippen LogP contribution in [-0.4, -0.2) is 40.5 Å². The van der Waals surface area contributed by atoms with E-state index in [2.05, 4.69) is 31.0 Å². The van der Waals surface area contributed by atoms with Crippen molar-refractivity contribution in [1.29, 1.82) is 0 Å². The predicted octanol–water partition coefficient (Wildman–Crippen LogP) is 3.49. The lowest BCUT2D eigenvalue weighted by molar-refractivity contribution is 0.111. The third-order valence-corrected chi connectivity index (χ3v) is 4.73. The molecule has 6 nitrogen and oxygen atoms in total. The van der Waals surface area contributed by atoms with Crippen LogP contribution in [0.25, 0.3) is 0 Å². The quantitative estimate of drug-likeness (QED) is 0.406. The lowest BCUT2D eigenvalue weighted by atomic mass is 9.96. The van der Waals surface area contributed by atoms with E-state index in [-0.39, 0.29) is 5.41 Å². The predicted molar refractivity (Wildman–Crippen MR) is 98.9 cm³/mol. The second-order valence-corrected chi connectivity index (χ2v) is 7.72. The van der Waals surface area contributed by atoms with Gasteiger partial charge >= 0.3 is 0 Å². The van der Waals surface area contributed by atoms with Crippen molar-refractivity contribution >= 4 is 18.0 Å². The highest BCUT2D eigenvalue weighted by Gasteiger charge is 2.22. The van der Waals surface area contributed by atoms with Crippen LogP contribution in [0.15, 0.2) is 23.4 Å². The Hall–Kier alpha value is -2.02. The number of para-hydroxylation sites is 1. The molecule has 0 aliphatic heterocycles. The van der Waals surface area contributed by atoms with E-state index in [0.29, 0.717) is 23.7 Å². The maximum absolute atomic E-state index is 11.1. The number of nitrogens with zero attached hydrogens (tertiary/aromatic N) is 3. The third kappa shape index (κ3) is 4.75. The largest absolute Gasteiger partial charge is 0.493 e. The van der Waals surface area contributed by atoms with Crippen LogP contribution in [-0.2, 0) is 12.5 Å². The zero-order chi connectivity index (χ0) is 18.4. The summed E-state index contributed by atoms with van der Waals surface area (Å²) < 4.78 is 13.1. The fourth-order valence-electron chi connectivity index (χ4n) is 2.43. The summed E-state index contributed by atoms with van der Waals surface area (Å²) in [4.78, 5) is 11.1. The van der Waals surface area contributed by atoms with E-state index in [0.717, 1.165) is 29.4 Å². The van der Waals surface area contributed by atoms with Gasteiger partial charge in [0.25, 0.3) is 0 Å². The number of rotatable bonds is 8. The van der Waals surface area contributed by atoms with Crippen LogP contribution in [0.1, 0.15) is 43.4 Å². The molecule has 0 spiro atoms. The summed E-state index contributed by atoms with van der Waals surface area (Å²) >= 11 is 1.65. The van der Waals surface area contributed by atoms with Crippen molar-refractivity contribution in [2.24, 2.45) is 7.05 Å². The minimum Gasteiger partial charge on any atom is -0.493 e. The van der Waals surface area contributed by atoms with Gasteiger partial charge in [0, 0.05) is 18.2 Å². The topological polar surface area (TPSA) is 66.2 Å². The third-order valence-electron chi connectivity index (χ3n) is 3.63. The molecule has 0 unspecified atom stereocenters. The lowest BCUT2D eigenvalue weighted by Gasteiger charge is -2.17. The van der Waals surface area contributed by atoms with Crippen LogP contribution in [0.5, 0.6) is 11.5 Å². The second-order valence-electron chi connectivity index (χ2n) is 6.66. The van der Waals surface area contributed by atoms with E-state index in [1.165, 1.54) is 0 Å². The summed E-state index contributed by atoms with van der Waals surface area (Å²) in [5.74, 6) is 2.89. The fourth-order valence-corrected chi connectivity index (χ4v) is 3.25.